The second-order valence-electron chi connectivity index (χ2n) is 7.33. The van der Waals surface area contributed by atoms with Crippen molar-refractivity contribution in [2.45, 2.75) is 0 Å². The minimum absolute atomic E-state index is 0.146. The Labute approximate surface area is 176 Å². The third kappa shape index (κ3) is 3.30. The van der Waals surface area contributed by atoms with E-state index in [0.717, 1.165) is 23.7 Å². The summed E-state index contributed by atoms with van der Waals surface area (Å²) in [7, 11) is 0. The molecular weight excluding hydrogens is 401 g/mol. The monoisotopic (exact) mass is 419 g/mol. The van der Waals surface area contributed by atoms with E-state index in [1.807, 2.05) is 24.3 Å². The Morgan fingerprint density at radius 1 is 1.03 bits per heavy atom. The lowest BCUT2D eigenvalue weighted by Crippen LogP contribution is -2.41. The van der Waals surface area contributed by atoms with Crippen LogP contribution in [0.3, 0.4) is 0 Å². The number of benzene rings is 2. The number of pyridine rings is 1. The molecule has 4 aromatic rings. The number of phenolic OH excluding ortho intramolecular Hbond substituents is 1. The van der Waals surface area contributed by atoms with Crippen LogP contribution in [0.1, 0.15) is 26.3 Å². The Balaban J connectivity index is 1.72. The highest BCUT2D eigenvalue weighted by molar-refractivity contribution is 6.12. The molecule has 5 rings (SSSR count). The van der Waals surface area contributed by atoms with Gasteiger partial charge in [0.05, 0.1) is 35.4 Å². The van der Waals surface area contributed by atoms with Gasteiger partial charge in [0.2, 0.25) is 0 Å². The van der Waals surface area contributed by atoms with Crippen molar-refractivity contribution in [3.05, 3.63) is 77.2 Å². The Morgan fingerprint density at radius 2 is 1.81 bits per heavy atom. The largest absolute Gasteiger partial charge is 0.507 e. The van der Waals surface area contributed by atoms with Gasteiger partial charge in [0.1, 0.15) is 11.6 Å². The van der Waals surface area contributed by atoms with Crippen LogP contribution in [0.15, 0.2) is 54.7 Å². The number of carbonyl (C=O) groups is 2. The normalized spacial score (nSPS) is 14.3. The molecule has 0 bridgehead atoms. The van der Waals surface area contributed by atoms with E-state index in [1.54, 1.807) is 15.5 Å². The number of carbonyl (C=O) groups excluding carboxylic acids is 2. The molecule has 31 heavy (non-hydrogen) atoms. The summed E-state index contributed by atoms with van der Waals surface area (Å²) in [5.41, 5.74) is 2.07. The number of amides is 1. The smallest absolute Gasteiger partial charge is 0.257 e. The van der Waals surface area contributed by atoms with E-state index in [2.05, 4.69) is 4.98 Å². The highest BCUT2D eigenvalue weighted by Gasteiger charge is 2.25. The van der Waals surface area contributed by atoms with Gasteiger partial charge in [0.25, 0.3) is 5.91 Å². The number of hydrogen-bond donors (Lipinski definition) is 1. The van der Waals surface area contributed by atoms with Crippen LogP contribution in [-0.4, -0.2) is 57.4 Å². The van der Waals surface area contributed by atoms with Crippen molar-refractivity contribution in [1.82, 2.24) is 14.3 Å². The van der Waals surface area contributed by atoms with Crippen LogP contribution in [0.25, 0.3) is 16.7 Å². The van der Waals surface area contributed by atoms with Crippen molar-refractivity contribution < 1.29 is 23.8 Å². The number of nitrogens with zero attached hydrogens (tertiary/aromatic N) is 3. The van der Waals surface area contributed by atoms with Crippen LogP contribution in [0.4, 0.5) is 4.39 Å². The zero-order valence-corrected chi connectivity index (χ0v) is 16.4. The summed E-state index contributed by atoms with van der Waals surface area (Å²) in [4.78, 5) is 32.7. The number of para-hydroxylation sites is 2. The molecule has 2 aromatic carbocycles. The second kappa shape index (κ2) is 7.48. The Morgan fingerprint density at radius 3 is 2.61 bits per heavy atom. The number of ketones is 1. The average Bonchev–Trinajstić information content (AvgIpc) is 3.18. The zero-order valence-electron chi connectivity index (χ0n) is 16.4. The molecule has 1 saturated heterocycles. The maximum absolute atomic E-state index is 13.7. The van der Waals surface area contributed by atoms with Crippen molar-refractivity contribution >= 4 is 28.4 Å². The highest BCUT2D eigenvalue weighted by Crippen LogP contribution is 2.26. The molecule has 0 aliphatic carbocycles. The number of fused-ring (bicyclic) bond motifs is 3. The Hall–Kier alpha value is -3.78. The van der Waals surface area contributed by atoms with Gasteiger partial charge in [-0.2, -0.15) is 0 Å². The number of hydrogen-bond acceptors (Lipinski definition) is 5. The molecule has 7 nitrogen and oxygen atoms in total. The Bertz CT molecular complexity index is 1340. The lowest BCUT2D eigenvalue weighted by molar-refractivity contribution is 0.0304. The van der Waals surface area contributed by atoms with Gasteiger partial charge in [-0.25, -0.2) is 9.37 Å². The van der Waals surface area contributed by atoms with Crippen LogP contribution in [0.2, 0.25) is 0 Å². The van der Waals surface area contributed by atoms with Gasteiger partial charge in [0.15, 0.2) is 11.4 Å². The molecule has 1 fully saturated rings. The Kier molecular flexibility index (Phi) is 4.63. The number of aromatic hydroxyl groups is 1. The summed E-state index contributed by atoms with van der Waals surface area (Å²) in [5, 5.41) is 10.1. The molecule has 1 N–H and O–H groups in total. The molecule has 1 aliphatic heterocycles. The highest BCUT2D eigenvalue weighted by atomic mass is 19.1. The molecule has 0 atom stereocenters. The van der Waals surface area contributed by atoms with Crippen molar-refractivity contribution in [2.75, 3.05) is 26.3 Å². The summed E-state index contributed by atoms with van der Waals surface area (Å²) >= 11 is 0. The SMILES string of the molecule is O=C(c1cc(C(=O)N2CCOCC2)c2nc3ccccc3n2c1)c1cc(F)ccc1O. The summed E-state index contributed by atoms with van der Waals surface area (Å²) < 4.78 is 20.8. The maximum Gasteiger partial charge on any atom is 0.257 e. The first-order chi connectivity index (χ1) is 15.0. The van der Waals surface area contributed by atoms with Crippen molar-refractivity contribution in [3.63, 3.8) is 0 Å². The molecule has 0 radical (unpaired) electrons. The van der Waals surface area contributed by atoms with Crippen molar-refractivity contribution in [2.24, 2.45) is 0 Å². The third-order valence-corrected chi connectivity index (χ3v) is 5.40. The minimum Gasteiger partial charge on any atom is -0.507 e. The zero-order chi connectivity index (χ0) is 21.5. The van der Waals surface area contributed by atoms with Gasteiger partial charge in [-0.15, -0.1) is 0 Å². The van der Waals surface area contributed by atoms with Gasteiger partial charge >= 0.3 is 0 Å². The van der Waals surface area contributed by atoms with E-state index in [0.29, 0.717) is 37.5 Å². The molecule has 156 valence electrons. The molecule has 8 heteroatoms. The molecule has 1 amide bonds. The van der Waals surface area contributed by atoms with Crippen molar-refractivity contribution in [3.8, 4) is 5.75 Å². The molecule has 0 unspecified atom stereocenters. The first-order valence-electron chi connectivity index (χ1n) is 9.84. The first kappa shape index (κ1) is 19.2. The number of rotatable bonds is 3. The summed E-state index contributed by atoms with van der Waals surface area (Å²) in [6.07, 6.45) is 1.56. The third-order valence-electron chi connectivity index (χ3n) is 5.40. The van der Waals surface area contributed by atoms with E-state index in [-0.39, 0.29) is 28.3 Å². The van der Waals surface area contributed by atoms with E-state index in [1.165, 1.54) is 6.07 Å². The summed E-state index contributed by atoms with van der Waals surface area (Å²) in [5.74, 6) is -1.82. The maximum atomic E-state index is 13.7. The summed E-state index contributed by atoms with van der Waals surface area (Å²) in [6.45, 7) is 1.75. The van der Waals surface area contributed by atoms with Gasteiger partial charge in [-0.05, 0) is 36.4 Å². The first-order valence-corrected chi connectivity index (χ1v) is 9.84. The predicted octanol–water partition coefficient (Wildman–Crippen LogP) is 3.04. The number of aromatic nitrogens is 2. The standard InChI is InChI=1S/C23H18FN3O4/c24-15-5-6-20(28)16(12-15)21(29)14-11-17(23(30)26-7-9-31-10-8-26)22-25-18-3-1-2-4-19(18)27(22)13-14/h1-6,11-13,28H,7-10H2. The van der Waals surface area contributed by atoms with Crippen LogP contribution in [0.5, 0.6) is 5.75 Å². The van der Waals surface area contributed by atoms with Crippen LogP contribution >= 0.6 is 0 Å². The van der Waals surface area contributed by atoms with Crippen LogP contribution < -0.4 is 0 Å². The minimum atomic E-state index is -0.639. The van der Waals surface area contributed by atoms with E-state index >= 15 is 0 Å². The predicted molar refractivity (Wildman–Crippen MR) is 111 cm³/mol. The van der Waals surface area contributed by atoms with Crippen molar-refractivity contribution in [1.29, 1.82) is 0 Å². The number of phenols is 1. The fourth-order valence-electron chi connectivity index (χ4n) is 3.83. The number of ether oxygens (including phenoxy) is 1. The molecule has 2 aromatic heterocycles. The molecule has 0 spiro atoms. The molecule has 0 saturated carbocycles. The number of imidazole rings is 1. The number of morpholine rings is 1. The van der Waals surface area contributed by atoms with Crippen LogP contribution in [-0.2, 0) is 4.74 Å². The fourth-order valence-corrected chi connectivity index (χ4v) is 3.83. The second-order valence-corrected chi connectivity index (χ2v) is 7.33. The molecule has 1 aliphatic rings. The molecule has 3 heterocycles. The average molecular weight is 419 g/mol. The van der Waals surface area contributed by atoms with Gasteiger partial charge in [0, 0.05) is 24.8 Å². The van der Waals surface area contributed by atoms with E-state index in [4.69, 9.17) is 4.74 Å². The lowest BCUT2D eigenvalue weighted by atomic mass is 10.0. The summed E-state index contributed by atoms with van der Waals surface area (Å²) in [6, 6.07) is 12.0. The van der Waals surface area contributed by atoms with Gasteiger partial charge < -0.3 is 14.7 Å². The fraction of sp³-hybridized carbons (Fsp3) is 0.174. The van der Waals surface area contributed by atoms with Gasteiger partial charge in [-0.1, -0.05) is 12.1 Å². The van der Waals surface area contributed by atoms with E-state index in [9.17, 15) is 19.1 Å². The lowest BCUT2D eigenvalue weighted by Gasteiger charge is -2.27. The topological polar surface area (TPSA) is 84.1 Å². The molecular formula is C23H18FN3O4. The van der Waals surface area contributed by atoms with Crippen LogP contribution in [0, 0.1) is 5.82 Å². The number of halogens is 1. The van der Waals surface area contributed by atoms with E-state index < -0.39 is 11.6 Å². The van der Waals surface area contributed by atoms with Gasteiger partial charge in [-0.3, -0.25) is 14.0 Å². The quantitative estimate of drug-likeness (QED) is 0.516.